The van der Waals surface area contributed by atoms with Crippen molar-refractivity contribution in [1.82, 2.24) is 15.1 Å². The first-order chi connectivity index (χ1) is 16.5. The van der Waals surface area contributed by atoms with Crippen LogP contribution >= 0.6 is 0 Å². The van der Waals surface area contributed by atoms with Crippen LogP contribution in [0.15, 0.2) is 30.5 Å². The minimum atomic E-state index is -1.83. The highest BCUT2D eigenvalue weighted by Gasteiger charge is 2.80. The molecular formula is C28H35F2N3O2. The molecule has 8 atom stereocenters. The first-order valence-corrected chi connectivity index (χ1v) is 13.1. The Labute approximate surface area is 204 Å². The minimum Gasteiger partial charge on any atom is -0.391 e. The summed E-state index contributed by atoms with van der Waals surface area (Å²) < 4.78 is 40.7. The van der Waals surface area contributed by atoms with Gasteiger partial charge in [0.1, 0.15) is 22.5 Å². The molecule has 188 valence electrons. The second-order valence-corrected chi connectivity index (χ2v) is 12.6. The molecule has 5 nitrogen and oxygen atoms in total. The van der Waals surface area contributed by atoms with Crippen molar-refractivity contribution in [3.05, 3.63) is 36.0 Å². The van der Waals surface area contributed by atoms with Gasteiger partial charge in [0.15, 0.2) is 0 Å². The van der Waals surface area contributed by atoms with Gasteiger partial charge in [0.2, 0.25) is 0 Å². The van der Waals surface area contributed by atoms with Crippen LogP contribution in [0.5, 0.6) is 0 Å². The molecule has 35 heavy (non-hydrogen) atoms. The molecule has 2 bridgehead atoms. The van der Waals surface area contributed by atoms with E-state index in [-0.39, 0.29) is 30.2 Å². The lowest BCUT2D eigenvalue weighted by molar-refractivity contribution is -0.327. The van der Waals surface area contributed by atoms with Crippen molar-refractivity contribution in [3.8, 4) is 0 Å². The summed E-state index contributed by atoms with van der Waals surface area (Å²) in [6, 6.07) is 6.17. The molecule has 1 aromatic carbocycles. The second kappa shape index (κ2) is 6.73. The Morgan fingerprint density at radius 3 is 2.74 bits per heavy atom. The van der Waals surface area contributed by atoms with E-state index in [4.69, 9.17) is 4.74 Å². The third-order valence-corrected chi connectivity index (χ3v) is 10.9. The number of aromatic amines is 1. The number of aromatic nitrogens is 2. The summed E-state index contributed by atoms with van der Waals surface area (Å²) in [5, 5.41) is 19.0. The van der Waals surface area contributed by atoms with E-state index in [1.165, 1.54) is 5.57 Å². The number of rotatable bonds is 2. The number of benzene rings is 1. The van der Waals surface area contributed by atoms with Gasteiger partial charge in [0.05, 0.1) is 17.8 Å². The predicted octanol–water partition coefficient (Wildman–Crippen LogP) is 4.96. The average Bonchev–Trinajstić information content (AvgIpc) is 3.49. The zero-order chi connectivity index (χ0) is 24.4. The molecule has 2 spiro atoms. The number of allylic oxidation sites excluding steroid dienone is 2. The lowest BCUT2D eigenvalue weighted by Gasteiger charge is -2.64. The Morgan fingerprint density at radius 1 is 1.11 bits per heavy atom. The standard InChI is InChI=1S/C28H35F2N3O2/c1-24-8-9-25(29)16-26(30)14-22(34)21(33(2)3)13-27(26)10-11-28(25,35-27)23(24)7-5-19(24)17-4-6-20-18(12-17)15-31-32-20/h4-6,12,15,21-23,34H,7-11,13-14,16H2,1-3H3,(H,31,32)/t21-,22?,23?,24?,25?,26?,27+,28-/m0/s1. The number of nitrogens with one attached hydrogen (secondary N) is 1. The summed E-state index contributed by atoms with van der Waals surface area (Å²) in [6.45, 7) is 2.27. The molecule has 2 aliphatic heterocycles. The third kappa shape index (κ3) is 2.60. The molecule has 2 saturated heterocycles. The number of alkyl halides is 2. The largest absolute Gasteiger partial charge is 0.391 e. The summed E-state index contributed by atoms with van der Waals surface area (Å²) in [4.78, 5) is 1.97. The van der Waals surface area contributed by atoms with Crippen molar-refractivity contribution in [2.45, 2.75) is 93.0 Å². The quantitative estimate of drug-likeness (QED) is 0.634. The number of halogens is 2. The monoisotopic (exact) mass is 483 g/mol. The Morgan fingerprint density at radius 2 is 1.94 bits per heavy atom. The van der Waals surface area contributed by atoms with Crippen LogP contribution in [0.25, 0.3) is 16.5 Å². The second-order valence-electron chi connectivity index (χ2n) is 12.6. The number of aliphatic hydroxyl groups is 1. The highest BCUT2D eigenvalue weighted by molar-refractivity contribution is 5.84. The third-order valence-electron chi connectivity index (χ3n) is 10.9. The number of ether oxygens (including phenoxy) is 1. The van der Waals surface area contributed by atoms with Gasteiger partial charge in [-0.2, -0.15) is 5.10 Å². The maximum Gasteiger partial charge on any atom is 0.145 e. The van der Waals surface area contributed by atoms with Crippen LogP contribution in [-0.4, -0.2) is 69.0 Å². The van der Waals surface area contributed by atoms with Crippen LogP contribution < -0.4 is 0 Å². The smallest absolute Gasteiger partial charge is 0.145 e. The van der Waals surface area contributed by atoms with Gasteiger partial charge in [-0.25, -0.2) is 8.78 Å². The lowest BCUT2D eigenvalue weighted by Crippen LogP contribution is -2.74. The van der Waals surface area contributed by atoms with Crippen LogP contribution in [0.3, 0.4) is 0 Å². The van der Waals surface area contributed by atoms with Gasteiger partial charge in [-0.3, -0.25) is 5.10 Å². The molecule has 0 amide bonds. The van der Waals surface area contributed by atoms with E-state index in [0.717, 1.165) is 22.9 Å². The van der Waals surface area contributed by atoms with Gasteiger partial charge in [0, 0.05) is 30.2 Å². The van der Waals surface area contributed by atoms with Crippen molar-refractivity contribution in [2.75, 3.05) is 14.1 Å². The minimum absolute atomic E-state index is 0.0302. The van der Waals surface area contributed by atoms with E-state index < -0.39 is 28.6 Å². The predicted molar refractivity (Wildman–Crippen MR) is 130 cm³/mol. The highest BCUT2D eigenvalue weighted by atomic mass is 19.2. The lowest BCUT2D eigenvalue weighted by atomic mass is 9.51. The Bertz CT molecular complexity index is 1250. The van der Waals surface area contributed by atoms with E-state index in [1.54, 1.807) is 0 Å². The zero-order valence-electron chi connectivity index (χ0n) is 20.8. The maximum atomic E-state index is 17.1. The Kier molecular flexibility index (Phi) is 4.30. The Balaban J connectivity index is 1.28. The number of hydrogen-bond acceptors (Lipinski definition) is 4. The molecule has 2 N–H and O–H groups in total. The molecule has 2 saturated carbocycles. The fraction of sp³-hybridized carbons (Fsp3) is 0.679. The van der Waals surface area contributed by atoms with E-state index in [0.29, 0.717) is 32.1 Å². The molecule has 3 aliphatic carbocycles. The van der Waals surface area contributed by atoms with Crippen molar-refractivity contribution in [1.29, 1.82) is 0 Å². The molecule has 3 heterocycles. The van der Waals surface area contributed by atoms with E-state index in [9.17, 15) is 5.11 Å². The number of hydrogen-bond donors (Lipinski definition) is 2. The van der Waals surface area contributed by atoms with E-state index in [2.05, 4.69) is 41.4 Å². The SMILES string of the molecule is CN(C)[C@H]1C[C@@]23CC[C@]4(O2)C2CC=C(c5ccc6[nH]ncc6c5)C2(C)CCC4(F)CC3(F)CC1O. The first-order valence-electron chi connectivity index (χ1n) is 13.1. The van der Waals surface area contributed by atoms with Gasteiger partial charge in [-0.15, -0.1) is 0 Å². The van der Waals surface area contributed by atoms with E-state index >= 15 is 8.78 Å². The first kappa shape index (κ1) is 22.4. The van der Waals surface area contributed by atoms with Crippen LogP contribution in [0, 0.1) is 11.3 Å². The fourth-order valence-electron chi connectivity index (χ4n) is 9.08. The molecule has 4 fully saturated rings. The number of nitrogens with zero attached hydrogens (tertiary/aromatic N) is 2. The summed E-state index contributed by atoms with van der Waals surface area (Å²) in [6.07, 6.45) is 6.30. The van der Waals surface area contributed by atoms with Gasteiger partial charge >= 0.3 is 0 Å². The van der Waals surface area contributed by atoms with Crippen molar-refractivity contribution in [3.63, 3.8) is 0 Å². The highest BCUT2D eigenvalue weighted by Crippen LogP contribution is 2.74. The molecule has 2 aromatic rings. The van der Waals surface area contributed by atoms with Crippen molar-refractivity contribution >= 4 is 16.5 Å². The maximum absolute atomic E-state index is 17.1. The molecule has 7 heteroatoms. The summed E-state index contributed by atoms with van der Waals surface area (Å²) in [5.41, 5.74) is -2.36. The zero-order valence-corrected chi connectivity index (χ0v) is 20.8. The molecule has 5 aliphatic rings. The van der Waals surface area contributed by atoms with Gasteiger partial charge < -0.3 is 14.7 Å². The van der Waals surface area contributed by atoms with E-state index in [1.807, 2.05) is 25.2 Å². The van der Waals surface area contributed by atoms with Crippen LogP contribution in [0.1, 0.15) is 63.9 Å². The number of aliphatic hydroxyl groups excluding tert-OH is 1. The average molecular weight is 484 g/mol. The summed E-state index contributed by atoms with van der Waals surface area (Å²) in [5.74, 6) is -0.0302. The van der Waals surface area contributed by atoms with Gasteiger partial charge in [-0.1, -0.05) is 19.1 Å². The summed E-state index contributed by atoms with van der Waals surface area (Å²) >= 11 is 0. The van der Waals surface area contributed by atoms with Crippen molar-refractivity contribution in [2.24, 2.45) is 11.3 Å². The molecule has 0 radical (unpaired) electrons. The number of fused-ring (bicyclic) bond motifs is 2. The summed E-state index contributed by atoms with van der Waals surface area (Å²) in [7, 11) is 3.84. The number of likely N-dealkylation sites (N-methyl/N-ethyl adjacent to an activating group) is 1. The number of H-pyrrole nitrogens is 1. The molecule has 7 rings (SSSR count). The van der Waals surface area contributed by atoms with Crippen LogP contribution in [-0.2, 0) is 4.74 Å². The normalized spacial score (nSPS) is 48.5. The van der Waals surface area contributed by atoms with Crippen LogP contribution in [0.2, 0.25) is 0 Å². The van der Waals surface area contributed by atoms with Gasteiger partial charge in [0.25, 0.3) is 0 Å². The Hall–Kier alpha value is -1.83. The molecular weight excluding hydrogens is 448 g/mol. The van der Waals surface area contributed by atoms with Crippen molar-refractivity contribution < 1.29 is 18.6 Å². The molecule has 1 aromatic heterocycles. The topological polar surface area (TPSA) is 61.4 Å². The fourth-order valence-corrected chi connectivity index (χ4v) is 9.08. The molecule has 5 unspecified atom stereocenters. The van der Waals surface area contributed by atoms with Gasteiger partial charge in [-0.05, 0) is 81.3 Å². The van der Waals surface area contributed by atoms with Crippen LogP contribution in [0.4, 0.5) is 8.78 Å².